The predicted molar refractivity (Wildman–Crippen MR) is 63.7 cm³/mol. The van der Waals surface area contributed by atoms with Gasteiger partial charge in [0.25, 0.3) is 0 Å². The summed E-state index contributed by atoms with van der Waals surface area (Å²) in [6.07, 6.45) is 4.00. The Bertz CT molecular complexity index is 443. The van der Waals surface area contributed by atoms with E-state index in [1.54, 1.807) is 6.20 Å². The van der Waals surface area contributed by atoms with E-state index in [9.17, 15) is 0 Å². The lowest BCUT2D eigenvalue weighted by Crippen LogP contribution is -2.27. The van der Waals surface area contributed by atoms with Crippen molar-refractivity contribution < 1.29 is 4.74 Å². The van der Waals surface area contributed by atoms with Crippen LogP contribution in [0.15, 0.2) is 18.3 Å². The van der Waals surface area contributed by atoms with Crippen molar-refractivity contribution >= 4 is 5.82 Å². The number of hydrogen-bond acceptors (Lipinski definition) is 4. The van der Waals surface area contributed by atoms with Crippen LogP contribution in [0.2, 0.25) is 0 Å². The summed E-state index contributed by atoms with van der Waals surface area (Å²) in [6, 6.07) is 5.86. The summed E-state index contributed by atoms with van der Waals surface area (Å²) in [5.74, 6) is 0.979. The molecule has 0 aliphatic carbocycles. The zero-order valence-corrected chi connectivity index (χ0v) is 9.72. The molecule has 0 N–H and O–H groups in total. The van der Waals surface area contributed by atoms with Gasteiger partial charge in [-0.25, -0.2) is 4.98 Å². The van der Waals surface area contributed by atoms with Crippen LogP contribution in [0, 0.1) is 16.7 Å². The molecule has 88 valence electrons. The van der Waals surface area contributed by atoms with Crippen LogP contribution in [0.4, 0.5) is 5.82 Å². The second kappa shape index (κ2) is 4.01. The van der Waals surface area contributed by atoms with Crippen LogP contribution in [-0.4, -0.2) is 31.3 Å². The van der Waals surface area contributed by atoms with Crippen molar-refractivity contribution in [2.75, 3.05) is 31.2 Å². The van der Waals surface area contributed by atoms with Crippen molar-refractivity contribution in [2.24, 2.45) is 5.41 Å². The number of nitriles is 1. The largest absolute Gasteiger partial charge is 0.381 e. The number of ether oxygens (including phenoxy) is 1. The lowest BCUT2D eigenvalue weighted by atomic mass is 9.87. The molecule has 2 saturated heterocycles. The molecule has 4 heteroatoms. The van der Waals surface area contributed by atoms with Gasteiger partial charge in [-0.2, -0.15) is 5.26 Å². The summed E-state index contributed by atoms with van der Waals surface area (Å²) in [5.41, 5.74) is 0.974. The van der Waals surface area contributed by atoms with E-state index < -0.39 is 0 Å². The molecule has 2 fully saturated rings. The second-order valence-corrected chi connectivity index (χ2v) is 4.99. The second-order valence-electron chi connectivity index (χ2n) is 4.99. The Kier molecular flexibility index (Phi) is 2.49. The van der Waals surface area contributed by atoms with E-state index in [4.69, 9.17) is 10.00 Å². The first-order chi connectivity index (χ1) is 8.31. The molecule has 1 spiro atoms. The Morgan fingerprint density at radius 3 is 3.00 bits per heavy atom. The van der Waals surface area contributed by atoms with Crippen LogP contribution in [0.5, 0.6) is 0 Å². The lowest BCUT2D eigenvalue weighted by molar-refractivity contribution is 0.160. The molecule has 2 aliphatic rings. The summed E-state index contributed by atoms with van der Waals surface area (Å²) in [7, 11) is 0. The van der Waals surface area contributed by atoms with Gasteiger partial charge in [-0.3, -0.25) is 0 Å². The maximum atomic E-state index is 8.74. The van der Waals surface area contributed by atoms with E-state index >= 15 is 0 Å². The topological polar surface area (TPSA) is 49.2 Å². The van der Waals surface area contributed by atoms with Gasteiger partial charge in [0.1, 0.15) is 11.9 Å². The van der Waals surface area contributed by atoms with Crippen LogP contribution in [0.3, 0.4) is 0 Å². The first kappa shape index (κ1) is 10.5. The third-order valence-electron chi connectivity index (χ3n) is 3.82. The maximum Gasteiger partial charge on any atom is 0.128 e. The van der Waals surface area contributed by atoms with Crippen molar-refractivity contribution in [3.63, 3.8) is 0 Å². The molecule has 17 heavy (non-hydrogen) atoms. The highest BCUT2D eigenvalue weighted by Gasteiger charge is 2.41. The van der Waals surface area contributed by atoms with Crippen LogP contribution in [0.25, 0.3) is 0 Å². The first-order valence-corrected chi connectivity index (χ1v) is 6.00. The van der Waals surface area contributed by atoms with Gasteiger partial charge in [-0.1, -0.05) is 0 Å². The average Bonchev–Trinajstić information content (AvgIpc) is 3.01. The van der Waals surface area contributed by atoms with Crippen LogP contribution < -0.4 is 4.90 Å². The van der Waals surface area contributed by atoms with Gasteiger partial charge < -0.3 is 9.64 Å². The highest BCUT2D eigenvalue weighted by atomic mass is 16.5. The van der Waals surface area contributed by atoms with Gasteiger partial charge in [0.2, 0.25) is 0 Å². The molecule has 0 bridgehead atoms. The SMILES string of the molecule is N#Cc1ccc(N2CC[C@@]3(CCOC3)C2)nc1. The molecule has 1 atom stereocenters. The van der Waals surface area contributed by atoms with Crippen molar-refractivity contribution in [3.8, 4) is 6.07 Å². The molecule has 1 aromatic rings. The number of anilines is 1. The Morgan fingerprint density at radius 2 is 2.35 bits per heavy atom. The summed E-state index contributed by atoms with van der Waals surface area (Å²) in [4.78, 5) is 6.65. The molecule has 2 aliphatic heterocycles. The number of pyridine rings is 1. The number of hydrogen-bond donors (Lipinski definition) is 0. The van der Waals surface area contributed by atoms with Crippen molar-refractivity contribution in [2.45, 2.75) is 12.8 Å². The monoisotopic (exact) mass is 229 g/mol. The maximum absolute atomic E-state index is 8.74. The third-order valence-corrected chi connectivity index (χ3v) is 3.82. The number of aromatic nitrogens is 1. The molecule has 0 saturated carbocycles. The van der Waals surface area contributed by atoms with E-state index in [1.165, 1.54) is 12.8 Å². The molecular formula is C13H15N3O. The molecule has 3 heterocycles. The molecule has 1 aromatic heterocycles. The van der Waals surface area contributed by atoms with Crippen LogP contribution in [-0.2, 0) is 4.74 Å². The standard InChI is InChI=1S/C13H15N3O/c14-7-11-1-2-12(15-8-11)16-5-3-13(9-16)4-6-17-10-13/h1-2,8H,3-6,9-10H2/t13-/m1/s1. The van der Waals surface area contributed by atoms with Crippen molar-refractivity contribution in [3.05, 3.63) is 23.9 Å². The normalized spacial score (nSPS) is 27.6. The molecule has 0 aromatic carbocycles. The van der Waals surface area contributed by atoms with E-state index in [2.05, 4.69) is 16.0 Å². The van der Waals surface area contributed by atoms with Gasteiger partial charge in [-0.15, -0.1) is 0 Å². The van der Waals surface area contributed by atoms with Crippen molar-refractivity contribution in [1.82, 2.24) is 4.98 Å². The fraction of sp³-hybridized carbons (Fsp3) is 0.538. The quantitative estimate of drug-likeness (QED) is 0.733. The first-order valence-electron chi connectivity index (χ1n) is 6.00. The number of rotatable bonds is 1. The highest BCUT2D eigenvalue weighted by molar-refractivity contribution is 5.43. The smallest absolute Gasteiger partial charge is 0.128 e. The minimum atomic E-state index is 0.357. The van der Waals surface area contributed by atoms with Crippen LogP contribution >= 0.6 is 0 Å². The van der Waals surface area contributed by atoms with Crippen molar-refractivity contribution in [1.29, 1.82) is 5.26 Å². The fourth-order valence-electron chi connectivity index (χ4n) is 2.74. The summed E-state index contributed by atoms with van der Waals surface area (Å²) >= 11 is 0. The molecular weight excluding hydrogens is 214 g/mol. The average molecular weight is 229 g/mol. The Balaban J connectivity index is 1.75. The highest BCUT2D eigenvalue weighted by Crippen LogP contribution is 2.39. The van der Waals surface area contributed by atoms with Gasteiger partial charge in [0, 0.05) is 31.3 Å². The van der Waals surface area contributed by atoms with E-state index in [-0.39, 0.29) is 0 Å². The zero-order chi connectivity index (χ0) is 11.7. The molecule has 3 rings (SSSR count). The Morgan fingerprint density at radius 1 is 1.41 bits per heavy atom. The van der Waals surface area contributed by atoms with Gasteiger partial charge >= 0.3 is 0 Å². The molecule has 0 amide bonds. The summed E-state index contributed by atoms with van der Waals surface area (Å²) in [5, 5.41) is 8.74. The molecule has 4 nitrogen and oxygen atoms in total. The zero-order valence-electron chi connectivity index (χ0n) is 9.72. The summed E-state index contributed by atoms with van der Waals surface area (Å²) < 4.78 is 5.51. The number of nitrogens with zero attached hydrogens (tertiary/aromatic N) is 3. The molecule has 0 unspecified atom stereocenters. The molecule has 0 radical (unpaired) electrons. The van der Waals surface area contributed by atoms with Crippen LogP contribution in [0.1, 0.15) is 18.4 Å². The predicted octanol–water partition coefficient (Wildman–Crippen LogP) is 1.57. The van der Waals surface area contributed by atoms with Gasteiger partial charge in [0.05, 0.1) is 12.2 Å². The summed E-state index contributed by atoms with van der Waals surface area (Å²) in [6.45, 7) is 3.86. The lowest BCUT2D eigenvalue weighted by Gasteiger charge is -2.22. The minimum absolute atomic E-state index is 0.357. The Hall–Kier alpha value is -1.60. The van der Waals surface area contributed by atoms with Gasteiger partial charge in [0.15, 0.2) is 0 Å². The van der Waals surface area contributed by atoms with Gasteiger partial charge in [-0.05, 0) is 25.0 Å². The van der Waals surface area contributed by atoms with E-state index in [1.807, 2.05) is 12.1 Å². The fourth-order valence-corrected chi connectivity index (χ4v) is 2.74. The van der Waals surface area contributed by atoms with E-state index in [0.717, 1.165) is 32.1 Å². The minimum Gasteiger partial charge on any atom is -0.381 e. The van der Waals surface area contributed by atoms with E-state index in [0.29, 0.717) is 11.0 Å². The Labute approximate surface area is 101 Å². The third kappa shape index (κ3) is 1.87.